The molecule has 5 heteroatoms. The van der Waals surface area contributed by atoms with Crippen molar-refractivity contribution in [2.45, 2.75) is 20.8 Å². The van der Waals surface area contributed by atoms with Crippen LogP contribution in [0.5, 0.6) is 0 Å². The second kappa shape index (κ2) is 5.85. The van der Waals surface area contributed by atoms with Gasteiger partial charge >= 0.3 is 12.1 Å². The molecule has 0 aliphatic rings. The fourth-order valence-corrected chi connectivity index (χ4v) is 0.614. The number of allylic oxidation sites excluding steroid dienone is 1. The van der Waals surface area contributed by atoms with E-state index in [1.165, 1.54) is 13.8 Å². The first kappa shape index (κ1) is 13.2. The molecule has 0 fully saturated rings. The fourth-order valence-electron chi connectivity index (χ4n) is 0.614. The van der Waals surface area contributed by atoms with Crippen LogP contribution in [0.15, 0.2) is 24.4 Å². The number of carbonyl (C=O) groups excluding carboxylic acids is 2. The van der Waals surface area contributed by atoms with Crippen molar-refractivity contribution in [2.75, 3.05) is 6.61 Å². The first-order valence-corrected chi connectivity index (χ1v) is 4.40. The van der Waals surface area contributed by atoms with Crippen LogP contribution in [-0.2, 0) is 14.4 Å². The maximum Gasteiger partial charge on any atom is 0.447 e. The topological polar surface area (TPSA) is 55.8 Å². The Morgan fingerprint density at radius 1 is 1.27 bits per heavy atom. The van der Waals surface area contributed by atoms with E-state index in [0.717, 1.165) is 0 Å². The van der Waals surface area contributed by atoms with Crippen molar-refractivity contribution < 1.29 is 19.2 Å². The quantitative estimate of drug-likeness (QED) is 0.531. The van der Waals surface area contributed by atoms with Gasteiger partial charge in [0.2, 0.25) is 0 Å². The number of rotatable bonds is 3. The molecule has 5 nitrogen and oxygen atoms in total. The SMILES string of the molecule is C=C(C)C(=O)ON(C(=C)C)C(=O)OCC. The second-order valence-corrected chi connectivity index (χ2v) is 2.89. The summed E-state index contributed by atoms with van der Waals surface area (Å²) in [7, 11) is 0. The Morgan fingerprint density at radius 2 is 1.80 bits per heavy atom. The van der Waals surface area contributed by atoms with E-state index in [1.807, 2.05) is 0 Å². The van der Waals surface area contributed by atoms with Crippen molar-refractivity contribution in [1.29, 1.82) is 0 Å². The van der Waals surface area contributed by atoms with E-state index in [2.05, 4.69) is 17.9 Å². The zero-order valence-corrected chi connectivity index (χ0v) is 9.20. The first-order chi connectivity index (χ1) is 6.90. The Kier molecular flexibility index (Phi) is 5.15. The third kappa shape index (κ3) is 4.30. The van der Waals surface area contributed by atoms with Gasteiger partial charge in [0.05, 0.1) is 12.3 Å². The lowest BCUT2D eigenvalue weighted by atomic mass is 10.4. The van der Waals surface area contributed by atoms with Crippen LogP contribution in [0, 0.1) is 0 Å². The minimum atomic E-state index is -0.778. The summed E-state index contributed by atoms with van der Waals surface area (Å²) in [6.07, 6.45) is -0.778. The molecule has 0 saturated carbocycles. The number of carbonyl (C=O) groups is 2. The molecule has 0 N–H and O–H groups in total. The summed E-state index contributed by atoms with van der Waals surface area (Å²) in [6.45, 7) is 11.7. The maximum absolute atomic E-state index is 11.3. The molecule has 0 atom stereocenters. The molecule has 0 bridgehead atoms. The largest absolute Gasteiger partial charge is 0.447 e. The Balaban J connectivity index is 4.55. The van der Waals surface area contributed by atoms with Crippen LogP contribution in [0.3, 0.4) is 0 Å². The van der Waals surface area contributed by atoms with E-state index in [9.17, 15) is 9.59 Å². The van der Waals surface area contributed by atoms with Gasteiger partial charge in [0, 0.05) is 5.57 Å². The van der Waals surface area contributed by atoms with Crippen LogP contribution in [0.25, 0.3) is 0 Å². The molecule has 15 heavy (non-hydrogen) atoms. The molecule has 0 rings (SSSR count). The minimum Gasteiger partial charge on any atom is -0.447 e. The summed E-state index contributed by atoms with van der Waals surface area (Å²) in [4.78, 5) is 27.1. The summed E-state index contributed by atoms with van der Waals surface area (Å²) in [5.74, 6) is -0.703. The summed E-state index contributed by atoms with van der Waals surface area (Å²) in [5.41, 5.74) is 0.439. The highest BCUT2D eigenvalue weighted by atomic mass is 16.8. The molecule has 0 aromatic heterocycles. The van der Waals surface area contributed by atoms with Gasteiger partial charge in [-0.2, -0.15) is 0 Å². The molecule has 0 saturated heterocycles. The molecular formula is C10H15NO4. The Morgan fingerprint density at radius 3 is 2.13 bits per heavy atom. The van der Waals surface area contributed by atoms with Gasteiger partial charge in [-0.3, -0.25) is 0 Å². The first-order valence-electron chi connectivity index (χ1n) is 4.40. The van der Waals surface area contributed by atoms with Gasteiger partial charge in [-0.1, -0.05) is 13.2 Å². The van der Waals surface area contributed by atoms with E-state index >= 15 is 0 Å². The predicted octanol–water partition coefficient (Wildman–Crippen LogP) is 2.01. The molecule has 0 aliphatic carbocycles. The highest BCUT2D eigenvalue weighted by Gasteiger charge is 2.20. The standard InChI is InChI=1S/C10H15NO4/c1-6-14-10(13)11(8(4)5)15-9(12)7(2)3/h2,4,6H2,1,3,5H3. The van der Waals surface area contributed by atoms with Crippen molar-refractivity contribution in [3.63, 3.8) is 0 Å². The highest BCUT2D eigenvalue weighted by molar-refractivity contribution is 5.87. The molecule has 0 unspecified atom stereocenters. The lowest BCUT2D eigenvalue weighted by Gasteiger charge is -2.19. The van der Waals surface area contributed by atoms with Crippen LogP contribution in [-0.4, -0.2) is 23.7 Å². The molecule has 0 aliphatic heterocycles. The zero-order valence-electron chi connectivity index (χ0n) is 9.20. The molecule has 0 aromatic rings. The normalized spacial score (nSPS) is 9.00. The number of hydrogen-bond donors (Lipinski definition) is 0. The average Bonchev–Trinajstić information content (AvgIpc) is 2.13. The smallest absolute Gasteiger partial charge is 0.447 e. The number of nitrogens with zero attached hydrogens (tertiary/aromatic N) is 1. The third-order valence-corrected chi connectivity index (χ3v) is 1.30. The van der Waals surface area contributed by atoms with E-state index in [4.69, 9.17) is 4.84 Å². The summed E-state index contributed by atoms with van der Waals surface area (Å²) in [6, 6.07) is 0. The molecular weight excluding hydrogens is 198 g/mol. The van der Waals surface area contributed by atoms with Gasteiger partial charge in [-0.05, 0) is 20.8 Å². The molecule has 1 amide bonds. The van der Waals surface area contributed by atoms with Gasteiger partial charge in [-0.25, -0.2) is 9.59 Å². The second-order valence-electron chi connectivity index (χ2n) is 2.89. The molecule has 0 radical (unpaired) electrons. The third-order valence-electron chi connectivity index (χ3n) is 1.30. The lowest BCUT2D eigenvalue weighted by molar-refractivity contribution is -0.169. The average molecular weight is 213 g/mol. The van der Waals surface area contributed by atoms with Crippen LogP contribution >= 0.6 is 0 Å². The van der Waals surface area contributed by atoms with Crippen molar-refractivity contribution in [3.8, 4) is 0 Å². The van der Waals surface area contributed by atoms with Crippen LogP contribution in [0.2, 0.25) is 0 Å². The molecule has 0 spiro atoms. The van der Waals surface area contributed by atoms with E-state index in [-0.39, 0.29) is 17.9 Å². The minimum absolute atomic E-state index is 0.186. The van der Waals surface area contributed by atoms with E-state index in [1.54, 1.807) is 6.92 Å². The van der Waals surface area contributed by atoms with Crippen molar-refractivity contribution in [3.05, 3.63) is 24.4 Å². The molecule has 0 heterocycles. The summed E-state index contributed by atoms with van der Waals surface area (Å²) < 4.78 is 4.67. The van der Waals surface area contributed by atoms with Crippen LogP contribution < -0.4 is 0 Å². The fraction of sp³-hybridized carbons (Fsp3) is 0.400. The lowest BCUT2D eigenvalue weighted by Crippen LogP contribution is -2.32. The summed E-state index contributed by atoms with van der Waals surface area (Å²) >= 11 is 0. The highest BCUT2D eigenvalue weighted by Crippen LogP contribution is 2.07. The molecule has 0 aromatic carbocycles. The van der Waals surface area contributed by atoms with Gasteiger partial charge in [0.25, 0.3) is 0 Å². The Labute approximate surface area is 88.9 Å². The number of ether oxygens (including phenoxy) is 1. The van der Waals surface area contributed by atoms with Gasteiger partial charge in [-0.15, -0.1) is 5.06 Å². The van der Waals surface area contributed by atoms with Gasteiger partial charge in [0.15, 0.2) is 0 Å². The van der Waals surface area contributed by atoms with Crippen molar-refractivity contribution in [1.82, 2.24) is 5.06 Å². The Bertz CT molecular complexity index is 296. The van der Waals surface area contributed by atoms with Crippen molar-refractivity contribution in [2.24, 2.45) is 0 Å². The van der Waals surface area contributed by atoms with Gasteiger partial charge in [0.1, 0.15) is 0 Å². The van der Waals surface area contributed by atoms with Crippen LogP contribution in [0.4, 0.5) is 4.79 Å². The van der Waals surface area contributed by atoms with E-state index in [0.29, 0.717) is 5.06 Å². The summed E-state index contributed by atoms with van der Waals surface area (Å²) in [5, 5.41) is 0.695. The number of amides is 1. The molecule has 84 valence electrons. The van der Waals surface area contributed by atoms with Crippen molar-refractivity contribution >= 4 is 12.1 Å². The monoisotopic (exact) mass is 213 g/mol. The Hall–Kier alpha value is -1.78. The number of hydrogen-bond acceptors (Lipinski definition) is 4. The van der Waals surface area contributed by atoms with Gasteiger partial charge < -0.3 is 9.57 Å². The number of hydroxylamine groups is 2. The zero-order chi connectivity index (χ0) is 12.0. The van der Waals surface area contributed by atoms with E-state index < -0.39 is 12.1 Å². The predicted molar refractivity (Wildman–Crippen MR) is 54.6 cm³/mol. The maximum atomic E-state index is 11.3. The van der Waals surface area contributed by atoms with Crippen LogP contribution in [0.1, 0.15) is 20.8 Å².